The molecule has 0 saturated heterocycles. The summed E-state index contributed by atoms with van der Waals surface area (Å²) in [7, 11) is 1.04. The lowest BCUT2D eigenvalue weighted by Crippen LogP contribution is -2.40. The van der Waals surface area contributed by atoms with Crippen molar-refractivity contribution < 1.29 is 9.00 Å². The van der Waals surface area contributed by atoms with Crippen LogP contribution in [0.2, 0.25) is 0 Å². The molecule has 0 aromatic rings. The molecule has 0 spiro atoms. The maximum Gasteiger partial charge on any atom is 0.236 e. The number of likely N-dealkylation sites (N-methyl/N-ethyl adjacent to an activating group) is 1. The van der Waals surface area contributed by atoms with Crippen molar-refractivity contribution in [1.29, 1.82) is 0 Å². The maximum atomic E-state index is 11.5. The van der Waals surface area contributed by atoms with Gasteiger partial charge in [-0.05, 0) is 13.8 Å². The standard InChI is InChI=1S/C10H22N2O2S/c1-5-15(14)7-6-11-8-10(13)12(4)9(2)3/h9,11H,5-8H2,1-4H3. The minimum Gasteiger partial charge on any atom is -0.342 e. The summed E-state index contributed by atoms with van der Waals surface area (Å²) < 4.78 is 11.1. The molecule has 0 aromatic carbocycles. The van der Waals surface area contributed by atoms with Crippen molar-refractivity contribution in [2.45, 2.75) is 26.8 Å². The summed E-state index contributed by atoms with van der Waals surface area (Å²) >= 11 is 0. The monoisotopic (exact) mass is 234 g/mol. The summed E-state index contributed by atoms with van der Waals surface area (Å²) in [6.45, 7) is 6.82. The lowest BCUT2D eigenvalue weighted by atomic mass is 10.3. The Morgan fingerprint density at radius 1 is 1.47 bits per heavy atom. The molecule has 0 radical (unpaired) electrons. The number of carbonyl (C=O) groups is 1. The largest absolute Gasteiger partial charge is 0.342 e. The van der Waals surface area contributed by atoms with E-state index >= 15 is 0 Å². The van der Waals surface area contributed by atoms with E-state index < -0.39 is 10.8 Å². The van der Waals surface area contributed by atoms with Crippen LogP contribution < -0.4 is 5.32 Å². The fourth-order valence-electron chi connectivity index (χ4n) is 0.938. The Labute approximate surface area is 94.9 Å². The molecule has 0 bridgehead atoms. The predicted octanol–water partition coefficient (Wildman–Crippen LogP) is 0.211. The molecule has 5 heteroatoms. The topological polar surface area (TPSA) is 49.4 Å². The lowest BCUT2D eigenvalue weighted by Gasteiger charge is -2.21. The van der Waals surface area contributed by atoms with Gasteiger partial charge in [-0.1, -0.05) is 6.92 Å². The van der Waals surface area contributed by atoms with Crippen molar-refractivity contribution in [3.05, 3.63) is 0 Å². The van der Waals surface area contributed by atoms with Crippen LogP contribution in [0.25, 0.3) is 0 Å². The van der Waals surface area contributed by atoms with Crippen LogP contribution in [-0.4, -0.2) is 52.7 Å². The van der Waals surface area contributed by atoms with E-state index in [0.29, 0.717) is 24.6 Å². The summed E-state index contributed by atoms with van der Waals surface area (Å²) in [4.78, 5) is 13.2. The fourth-order valence-corrected chi connectivity index (χ4v) is 1.60. The molecule has 1 unspecified atom stereocenters. The van der Waals surface area contributed by atoms with Gasteiger partial charge < -0.3 is 10.2 Å². The van der Waals surface area contributed by atoms with Crippen LogP contribution in [0.5, 0.6) is 0 Å². The molecule has 15 heavy (non-hydrogen) atoms. The molecular weight excluding hydrogens is 212 g/mol. The maximum absolute atomic E-state index is 11.5. The molecule has 0 aliphatic rings. The molecule has 0 aliphatic carbocycles. The van der Waals surface area contributed by atoms with E-state index in [-0.39, 0.29) is 11.9 Å². The molecule has 0 aromatic heterocycles. The SMILES string of the molecule is CCS(=O)CCNCC(=O)N(C)C(C)C. The number of rotatable bonds is 7. The summed E-state index contributed by atoms with van der Waals surface area (Å²) in [6.07, 6.45) is 0. The minimum atomic E-state index is -0.749. The van der Waals surface area contributed by atoms with Crippen LogP contribution in [0, 0.1) is 0 Å². The molecule has 1 amide bonds. The highest BCUT2D eigenvalue weighted by Crippen LogP contribution is 1.92. The van der Waals surface area contributed by atoms with Gasteiger partial charge in [0.05, 0.1) is 6.54 Å². The Morgan fingerprint density at radius 3 is 2.53 bits per heavy atom. The number of hydrogen-bond donors (Lipinski definition) is 1. The van der Waals surface area contributed by atoms with Crippen molar-refractivity contribution in [1.82, 2.24) is 10.2 Å². The van der Waals surface area contributed by atoms with Gasteiger partial charge in [-0.25, -0.2) is 0 Å². The highest BCUT2D eigenvalue weighted by atomic mass is 32.2. The van der Waals surface area contributed by atoms with Gasteiger partial charge >= 0.3 is 0 Å². The van der Waals surface area contributed by atoms with E-state index in [1.54, 1.807) is 11.9 Å². The first-order valence-corrected chi connectivity index (χ1v) is 6.79. The Balaban J connectivity index is 3.60. The van der Waals surface area contributed by atoms with Gasteiger partial charge in [0.15, 0.2) is 0 Å². The zero-order valence-corrected chi connectivity index (χ0v) is 10.9. The third kappa shape index (κ3) is 6.62. The van der Waals surface area contributed by atoms with Gasteiger partial charge in [0, 0.05) is 41.9 Å². The molecule has 4 nitrogen and oxygen atoms in total. The number of amides is 1. The van der Waals surface area contributed by atoms with E-state index in [4.69, 9.17) is 0 Å². The van der Waals surface area contributed by atoms with Crippen molar-refractivity contribution in [2.75, 3.05) is 31.6 Å². The van der Waals surface area contributed by atoms with Crippen molar-refractivity contribution >= 4 is 16.7 Å². The van der Waals surface area contributed by atoms with Gasteiger partial charge in [-0.3, -0.25) is 9.00 Å². The van der Waals surface area contributed by atoms with Crippen LogP contribution in [0.1, 0.15) is 20.8 Å². The van der Waals surface area contributed by atoms with E-state index in [1.807, 2.05) is 20.8 Å². The fraction of sp³-hybridized carbons (Fsp3) is 0.900. The van der Waals surface area contributed by atoms with E-state index in [0.717, 1.165) is 0 Å². The Morgan fingerprint density at radius 2 is 2.07 bits per heavy atom. The van der Waals surface area contributed by atoms with Crippen LogP contribution in [-0.2, 0) is 15.6 Å². The number of nitrogens with zero attached hydrogens (tertiary/aromatic N) is 1. The van der Waals surface area contributed by atoms with Crippen LogP contribution in [0.4, 0.5) is 0 Å². The Kier molecular flexibility index (Phi) is 7.60. The van der Waals surface area contributed by atoms with Crippen molar-refractivity contribution in [3.8, 4) is 0 Å². The average molecular weight is 234 g/mol. The molecule has 90 valence electrons. The second kappa shape index (κ2) is 7.82. The average Bonchev–Trinajstić information content (AvgIpc) is 2.22. The van der Waals surface area contributed by atoms with E-state index in [9.17, 15) is 9.00 Å². The summed E-state index contributed by atoms with van der Waals surface area (Å²) in [5, 5.41) is 3.00. The molecule has 1 N–H and O–H groups in total. The number of carbonyl (C=O) groups excluding carboxylic acids is 1. The van der Waals surface area contributed by atoms with Crippen molar-refractivity contribution in [3.63, 3.8) is 0 Å². The summed E-state index contributed by atoms with van der Waals surface area (Å²) in [5.74, 6) is 1.38. The Bertz CT molecular complexity index is 219. The molecule has 0 rings (SSSR count). The third-order valence-corrected chi connectivity index (χ3v) is 3.58. The molecule has 0 saturated carbocycles. The molecule has 1 atom stereocenters. The number of nitrogens with one attached hydrogen (secondary N) is 1. The van der Waals surface area contributed by atoms with E-state index in [2.05, 4.69) is 5.32 Å². The van der Waals surface area contributed by atoms with Crippen LogP contribution in [0.15, 0.2) is 0 Å². The normalized spacial score (nSPS) is 12.9. The van der Waals surface area contributed by atoms with Gasteiger partial charge in [0.25, 0.3) is 0 Å². The van der Waals surface area contributed by atoms with Crippen LogP contribution >= 0.6 is 0 Å². The minimum absolute atomic E-state index is 0.0762. The first-order chi connectivity index (χ1) is 6.99. The quantitative estimate of drug-likeness (QED) is 0.641. The van der Waals surface area contributed by atoms with Gasteiger partial charge in [-0.15, -0.1) is 0 Å². The summed E-state index contributed by atoms with van der Waals surface area (Å²) in [5.41, 5.74) is 0. The second-order valence-corrected chi connectivity index (χ2v) is 5.57. The first-order valence-electron chi connectivity index (χ1n) is 5.30. The highest BCUT2D eigenvalue weighted by molar-refractivity contribution is 7.84. The second-order valence-electron chi connectivity index (χ2n) is 3.71. The number of hydrogen-bond acceptors (Lipinski definition) is 3. The molecule has 0 heterocycles. The van der Waals surface area contributed by atoms with Gasteiger partial charge in [0.2, 0.25) is 5.91 Å². The molecular formula is C10H22N2O2S. The molecule has 0 aliphatic heterocycles. The summed E-state index contributed by atoms with van der Waals surface area (Å²) in [6, 6.07) is 0.226. The smallest absolute Gasteiger partial charge is 0.236 e. The Hall–Kier alpha value is -0.420. The van der Waals surface area contributed by atoms with Crippen molar-refractivity contribution in [2.24, 2.45) is 0 Å². The third-order valence-electron chi connectivity index (χ3n) is 2.27. The van der Waals surface area contributed by atoms with Gasteiger partial charge in [0.1, 0.15) is 0 Å². The lowest BCUT2D eigenvalue weighted by molar-refractivity contribution is -0.130. The van der Waals surface area contributed by atoms with E-state index in [1.165, 1.54) is 0 Å². The van der Waals surface area contributed by atoms with Gasteiger partial charge in [-0.2, -0.15) is 0 Å². The highest BCUT2D eigenvalue weighted by Gasteiger charge is 2.10. The van der Waals surface area contributed by atoms with Crippen LogP contribution in [0.3, 0.4) is 0 Å². The molecule has 0 fully saturated rings. The zero-order chi connectivity index (χ0) is 11.8. The zero-order valence-electron chi connectivity index (χ0n) is 10.1. The first kappa shape index (κ1) is 14.6. The predicted molar refractivity (Wildman–Crippen MR) is 64.3 cm³/mol.